The van der Waals surface area contributed by atoms with E-state index in [1.807, 2.05) is 0 Å². The largest absolute Gasteiger partial charge is 0.493 e. The fourth-order valence-electron chi connectivity index (χ4n) is 5.37. The van der Waals surface area contributed by atoms with Gasteiger partial charge in [-0.1, -0.05) is 6.92 Å². The third kappa shape index (κ3) is 4.01. The highest BCUT2D eigenvalue weighted by Gasteiger charge is 2.47. The number of aromatic amines is 1. The molecule has 3 aliphatic rings. The third-order valence-electron chi connectivity index (χ3n) is 7.13. The van der Waals surface area contributed by atoms with Crippen LogP contribution in [0.25, 0.3) is 5.76 Å². The number of nitrogens with one attached hydrogen (secondary N) is 1. The molecule has 7 nitrogen and oxygen atoms in total. The van der Waals surface area contributed by atoms with E-state index in [1.54, 1.807) is 11.8 Å². The van der Waals surface area contributed by atoms with Crippen molar-refractivity contribution in [2.45, 2.75) is 63.1 Å². The molecule has 2 fully saturated rings. The molecule has 0 aromatic carbocycles. The summed E-state index contributed by atoms with van der Waals surface area (Å²) in [6, 6.07) is -2.52. The van der Waals surface area contributed by atoms with Gasteiger partial charge in [0.1, 0.15) is 5.56 Å². The van der Waals surface area contributed by atoms with E-state index in [-0.39, 0.29) is 36.9 Å². The van der Waals surface area contributed by atoms with Gasteiger partial charge >= 0.3 is 5.69 Å². The van der Waals surface area contributed by atoms with E-state index in [0.717, 1.165) is 12.8 Å². The number of rotatable bonds is 7. The zero-order chi connectivity index (χ0) is 24.2. The molecule has 4 atom stereocenters. The molecule has 1 aromatic rings. The Morgan fingerprint density at radius 2 is 1.76 bits per heavy atom. The minimum Gasteiger partial charge on any atom is -0.493 e. The topological polar surface area (TPSA) is 93.3 Å². The number of aromatic nitrogens is 2. The molecule has 33 heavy (non-hydrogen) atoms. The molecule has 3 N–H and O–H groups in total. The number of fused-ring (bicyclic) bond motifs is 1. The van der Waals surface area contributed by atoms with Gasteiger partial charge in [-0.15, -0.1) is 0 Å². The predicted molar refractivity (Wildman–Crippen MR) is 110 cm³/mol. The lowest BCUT2D eigenvalue weighted by atomic mass is 9.85. The Morgan fingerprint density at radius 3 is 2.30 bits per heavy atom. The molecule has 2 aliphatic carbocycles. The molecule has 1 aromatic heterocycles. The summed E-state index contributed by atoms with van der Waals surface area (Å²) < 4.78 is 75.1. The molecule has 1 saturated heterocycles. The first-order valence-corrected chi connectivity index (χ1v) is 11.0. The molecule has 2 heterocycles. The second-order valence-electron chi connectivity index (χ2n) is 9.10. The van der Waals surface area contributed by atoms with Gasteiger partial charge in [-0.3, -0.25) is 19.2 Å². The van der Waals surface area contributed by atoms with Crippen LogP contribution in [0.5, 0.6) is 0 Å². The van der Waals surface area contributed by atoms with E-state index in [2.05, 4.69) is 4.98 Å². The van der Waals surface area contributed by atoms with Crippen LogP contribution in [0.1, 0.15) is 49.4 Å². The minimum atomic E-state index is -3.27. The fraction of sp³-hybridized carbons (Fsp3) is 0.714. The van der Waals surface area contributed by atoms with Crippen LogP contribution in [0.4, 0.5) is 22.0 Å². The summed E-state index contributed by atoms with van der Waals surface area (Å²) >= 11 is 0. The number of methoxy groups -OCH3 is 1. The van der Waals surface area contributed by atoms with Gasteiger partial charge in [-0.2, -0.15) is 0 Å². The summed E-state index contributed by atoms with van der Waals surface area (Å²) in [6.07, 6.45) is -4.81. The van der Waals surface area contributed by atoms with Gasteiger partial charge in [0.15, 0.2) is 11.6 Å². The van der Waals surface area contributed by atoms with Crippen molar-refractivity contribution in [2.24, 2.45) is 17.6 Å². The van der Waals surface area contributed by atoms with Gasteiger partial charge in [0.25, 0.3) is 5.56 Å². The van der Waals surface area contributed by atoms with Crippen LogP contribution in [0, 0.1) is 11.8 Å². The van der Waals surface area contributed by atoms with E-state index >= 15 is 4.39 Å². The molecule has 0 bridgehead atoms. The van der Waals surface area contributed by atoms with E-state index in [4.69, 9.17) is 10.5 Å². The van der Waals surface area contributed by atoms with E-state index in [1.165, 1.54) is 11.7 Å². The second kappa shape index (κ2) is 8.86. The summed E-state index contributed by atoms with van der Waals surface area (Å²) in [4.78, 5) is 29.1. The van der Waals surface area contributed by atoms with Crippen LogP contribution >= 0.6 is 0 Å². The first-order valence-electron chi connectivity index (χ1n) is 11.0. The number of H-pyrrole nitrogens is 1. The highest BCUT2D eigenvalue weighted by molar-refractivity contribution is 5.67. The number of nitrogens with zero attached hydrogens (tertiary/aromatic N) is 2. The van der Waals surface area contributed by atoms with E-state index in [0.29, 0.717) is 5.69 Å². The van der Waals surface area contributed by atoms with Gasteiger partial charge in [0.2, 0.25) is 12.9 Å². The van der Waals surface area contributed by atoms with Crippen molar-refractivity contribution in [2.75, 3.05) is 20.2 Å². The van der Waals surface area contributed by atoms with Crippen LogP contribution in [-0.4, -0.2) is 59.6 Å². The summed E-state index contributed by atoms with van der Waals surface area (Å²) in [6.45, 7) is 1.95. The molecular weight excluding hydrogens is 451 g/mol. The smallest absolute Gasteiger partial charge is 0.328 e. The third-order valence-corrected chi connectivity index (χ3v) is 7.13. The SMILES string of the molecule is COC1=C(F)C(N2CCC(C(N)C(C(F)F)C(F)F)C2)C(C)c2c1c(=O)[nH]c(=O)n2C1CC1. The highest BCUT2D eigenvalue weighted by Crippen LogP contribution is 2.45. The molecule has 4 rings (SSSR count). The number of hydrogen-bond donors (Lipinski definition) is 2. The average molecular weight is 478 g/mol. The molecule has 1 saturated carbocycles. The van der Waals surface area contributed by atoms with Crippen LogP contribution < -0.4 is 17.0 Å². The van der Waals surface area contributed by atoms with Gasteiger partial charge in [-0.05, 0) is 31.7 Å². The van der Waals surface area contributed by atoms with E-state index < -0.39 is 59.8 Å². The monoisotopic (exact) mass is 478 g/mol. The Bertz CT molecular complexity index is 1040. The van der Waals surface area contributed by atoms with Gasteiger partial charge in [0.05, 0.1) is 19.1 Å². The summed E-state index contributed by atoms with van der Waals surface area (Å²) in [5, 5.41) is 0. The zero-order valence-corrected chi connectivity index (χ0v) is 18.2. The lowest BCUT2D eigenvalue weighted by molar-refractivity contribution is -0.0473. The second-order valence-corrected chi connectivity index (χ2v) is 9.10. The van der Waals surface area contributed by atoms with E-state index in [9.17, 15) is 27.2 Å². The molecule has 0 spiro atoms. The number of alkyl halides is 4. The number of halogens is 5. The zero-order valence-electron chi connectivity index (χ0n) is 18.2. The number of ether oxygens (including phenoxy) is 1. The Hall–Kier alpha value is -2.21. The van der Waals surface area contributed by atoms with Crippen molar-refractivity contribution in [1.29, 1.82) is 0 Å². The Morgan fingerprint density at radius 1 is 1.12 bits per heavy atom. The van der Waals surface area contributed by atoms with Crippen LogP contribution in [-0.2, 0) is 4.74 Å². The van der Waals surface area contributed by atoms with Crippen molar-refractivity contribution in [1.82, 2.24) is 14.5 Å². The fourth-order valence-corrected chi connectivity index (χ4v) is 5.37. The molecule has 4 unspecified atom stereocenters. The number of hydrogen-bond acceptors (Lipinski definition) is 5. The van der Waals surface area contributed by atoms with Gasteiger partial charge < -0.3 is 10.5 Å². The molecule has 184 valence electrons. The maximum atomic E-state index is 15.7. The minimum absolute atomic E-state index is 0.0305. The Labute approximate surface area is 186 Å². The van der Waals surface area contributed by atoms with Crippen molar-refractivity contribution >= 4 is 5.76 Å². The van der Waals surface area contributed by atoms with Crippen LogP contribution in [0.3, 0.4) is 0 Å². The Balaban J connectivity index is 1.70. The van der Waals surface area contributed by atoms with Gasteiger partial charge in [0, 0.05) is 30.2 Å². The predicted octanol–water partition coefficient (Wildman–Crippen LogP) is 2.44. The maximum absolute atomic E-state index is 15.7. The summed E-state index contributed by atoms with van der Waals surface area (Å²) in [7, 11) is 1.22. The normalized spacial score (nSPS) is 27.1. The molecular formula is C21H27F5N4O3. The van der Waals surface area contributed by atoms with Gasteiger partial charge in [-0.25, -0.2) is 26.7 Å². The van der Waals surface area contributed by atoms with Crippen molar-refractivity contribution in [3.05, 3.63) is 37.9 Å². The lowest BCUT2D eigenvalue weighted by Crippen LogP contribution is -2.48. The maximum Gasteiger partial charge on any atom is 0.328 e. The highest BCUT2D eigenvalue weighted by atomic mass is 19.3. The summed E-state index contributed by atoms with van der Waals surface area (Å²) in [5.74, 6) is -4.61. The van der Waals surface area contributed by atoms with Crippen molar-refractivity contribution < 1.29 is 26.7 Å². The average Bonchev–Trinajstić information content (AvgIpc) is 3.44. The number of likely N-dealkylation sites (tertiary alicyclic amines) is 1. The first kappa shape index (κ1) is 23.9. The number of nitrogens with two attached hydrogens (primary N) is 1. The summed E-state index contributed by atoms with van der Waals surface area (Å²) in [5.41, 5.74) is 4.82. The van der Waals surface area contributed by atoms with Crippen molar-refractivity contribution in [3.63, 3.8) is 0 Å². The first-order chi connectivity index (χ1) is 15.6. The standard InChI is InChI=1S/C21H27F5N4O3/c1-8-15-12(20(31)28-21(32)30(15)10-3-4-10)17(33-2)13(22)16(8)29-6-5-9(7-29)14(27)11(18(23)24)19(25)26/h8-11,14,16,18-19H,3-7,27H2,1-2H3,(H,28,31,32). The molecule has 12 heteroatoms. The van der Waals surface area contributed by atoms with Crippen LogP contribution in [0.15, 0.2) is 15.4 Å². The molecule has 0 amide bonds. The van der Waals surface area contributed by atoms with Crippen molar-refractivity contribution in [3.8, 4) is 0 Å². The molecule has 1 aliphatic heterocycles. The Kier molecular flexibility index (Phi) is 6.43. The lowest BCUT2D eigenvalue weighted by Gasteiger charge is -2.38. The quantitative estimate of drug-likeness (QED) is 0.588. The molecule has 0 radical (unpaired) electrons. The van der Waals surface area contributed by atoms with Crippen LogP contribution in [0.2, 0.25) is 0 Å².